The summed E-state index contributed by atoms with van der Waals surface area (Å²) >= 11 is 0. The van der Waals surface area contributed by atoms with E-state index in [2.05, 4.69) is 39.5 Å². The van der Waals surface area contributed by atoms with Gasteiger partial charge in [-0.15, -0.1) is 0 Å². The van der Waals surface area contributed by atoms with Gasteiger partial charge < -0.3 is 34.3 Å². The highest BCUT2D eigenvalue weighted by molar-refractivity contribution is 5.66. The first-order valence-corrected chi connectivity index (χ1v) is 19.6. The molecular weight excluding hydrogens is 622 g/mol. The number of β-amino-alcohol motifs (C(OH)–C–C–N with tert-alkyl or cyclic N) is 1. The average Bonchev–Trinajstić information content (AvgIpc) is 3.63. The molecule has 0 radical (unpaired) electrons. The van der Waals surface area contributed by atoms with Crippen LogP contribution in [0.1, 0.15) is 127 Å². The quantitative estimate of drug-likeness (QED) is 0.289. The second-order valence-corrected chi connectivity index (χ2v) is 19.9. The van der Waals surface area contributed by atoms with Crippen molar-refractivity contribution in [2.75, 3.05) is 26.2 Å². The zero-order valence-electron chi connectivity index (χ0n) is 32.3. The van der Waals surface area contributed by atoms with Crippen molar-refractivity contribution in [2.24, 2.45) is 45.3 Å². The molecule has 9 heteroatoms. The monoisotopic (exact) mass is 692 g/mol. The van der Waals surface area contributed by atoms with E-state index in [0.29, 0.717) is 38.0 Å². The number of hydrogen-bond donors (Lipinski definition) is 3. The molecule has 4 aliphatic carbocycles. The van der Waals surface area contributed by atoms with Crippen molar-refractivity contribution >= 4 is 5.97 Å². The number of hydrogen-bond acceptors (Lipinski definition) is 9. The lowest BCUT2D eigenvalue weighted by atomic mass is 9.48. The summed E-state index contributed by atoms with van der Waals surface area (Å²) in [6.07, 6.45) is 7.18. The first-order chi connectivity index (χ1) is 22.6. The molecule has 4 saturated carbocycles. The van der Waals surface area contributed by atoms with E-state index in [1.165, 1.54) is 19.8 Å². The van der Waals surface area contributed by atoms with Crippen molar-refractivity contribution in [3.05, 3.63) is 0 Å². The number of carbonyl (C=O) groups excluding carboxylic acids is 1. The van der Waals surface area contributed by atoms with E-state index in [9.17, 15) is 20.1 Å². The van der Waals surface area contributed by atoms with Gasteiger partial charge in [0.05, 0.1) is 42.2 Å². The van der Waals surface area contributed by atoms with Crippen LogP contribution < -0.4 is 0 Å². The number of rotatable bonds is 7. The molecule has 0 aromatic rings. The highest BCUT2D eigenvalue weighted by Gasteiger charge is 2.79. The van der Waals surface area contributed by atoms with E-state index < -0.39 is 35.5 Å². The van der Waals surface area contributed by atoms with Crippen LogP contribution in [0, 0.1) is 45.3 Å². The number of fused-ring (bicyclic) bond motifs is 1. The van der Waals surface area contributed by atoms with Crippen LogP contribution in [0.2, 0.25) is 0 Å². The number of aliphatic hydroxyl groups is 3. The highest BCUT2D eigenvalue weighted by Crippen LogP contribution is 2.85. The molecule has 0 bridgehead atoms. The molecule has 6 rings (SSSR count). The molecule has 12 atom stereocenters. The summed E-state index contributed by atoms with van der Waals surface area (Å²) in [5.74, 6) is 0.979. The maximum Gasteiger partial charge on any atom is 0.303 e. The van der Waals surface area contributed by atoms with Gasteiger partial charge in [0.15, 0.2) is 12.4 Å². The van der Waals surface area contributed by atoms with Gasteiger partial charge in [-0.3, -0.25) is 9.69 Å². The van der Waals surface area contributed by atoms with Crippen LogP contribution in [0.3, 0.4) is 0 Å². The predicted octanol–water partition coefficient (Wildman–Crippen LogP) is 5.71. The topological polar surface area (TPSA) is 118 Å². The number of morpholine rings is 1. The van der Waals surface area contributed by atoms with Gasteiger partial charge in [-0.05, 0) is 124 Å². The van der Waals surface area contributed by atoms with Gasteiger partial charge in [-0.25, -0.2) is 0 Å². The Morgan fingerprint density at radius 2 is 1.63 bits per heavy atom. The molecule has 3 N–H and O–H groups in total. The molecule has 0 aromatic carbocycles. The third-order valence-electron chi connectivity index (χ3n) is 14.7. The fourth-order valence-corrected chi connectivity index (χ4v) is 12.7. The van der Waals surface area contributed by atoms with Crippen LogP contribution in [0.25, 0.3) is 0 Å². The Morgan fingerprint density at radius 1 is 0.980 bits per heavy atom. The largest absolute Gasteiger partial charge is 0.457 e. The Morgan fingerprint density at radius 3 is 2.27 bits per heavy atom. The molecule has 12 unspecified atom stereocenters. The van der Waals surface area contributed by atoms with Crippen molar-refractivity contribution in [1.29, 1.82) is 0 Å². The fraction of sp³-hybridized carbons (Fsp3) is 0.975. The first-order valence-electron chi connectivity index (χ1n) is 19.6. The molecule has 2 aliphatic heterocycles. The highest BCUT2D eigenvalue weighted by atomic mass is 16.7. The van der Waals surface area contributed by atoms with Crippen LogP contribution in [0.15, 0.2) is 0 Å². The fourth-order valence-electron chi connectivity index (χ4n) is 12.7. The van der Waals surface area contributed by atoms with Gasteiger partial charge in [0, 0.05) is 26.6 Å². The lowest BCUT2D eigenvalue weighted by Crippen LogP contribution is -2.60. The Bertz CT molecular complexity index is 1210. The van der Waals surface area contributed by atoms with Crippen molar-refractivity contribution < 1.29 is 39.1 Å². The summed E-state index contributed by atoms with van der Waals surface area (Å²) in [5.41, 5.74) is -1.91. The Labute approximate surface area is 296 Å². The molecule has 0 amide bonds. The van der Waals surface area contributed by atoms with Gasteiger partial charge in [-0.2, -0.15) is 0 Å². The summed E-state index contributed by atoms with van der Waals surface area (Å²) < 4.78 is 25.5. The van der Waals surface area contributed by atoms with Crippen LogP contribution in [0.5, 0.6) is 0 Å². The zero-order valence-corrected chi connectivity index (χ0v) is 32.3. The molecule has 6 aliphatic rings. The smallest absolute Gasteiger partial charge is 0.303 e. The maximum atomic E-state index is 12.5. The van der Waals surface area contributed by atoms with Crippen LogP contribution in [0.4, 0.5) is 0 Å². The van der Waals surface area contributed by atoms with E-state index in [0.717, 1.165) is 45.1 Å². The molecule has 2 heterocycles. The number of aliphatic hydroxyl groups excluding tert-OH is 1. The van der Waals surface area contributed by atoms with Crippen LogP contribution in [-0.2, 0) is 23.7 Å². The molecule has 9 nitrogen and oxygen atoms in total. The van der Waals surface area contributed by atoms with E-state index in [1.54, 1.807) is 13.8 Å². The summed E-state index contributed by atoms with van der Waals surface area (Å²) in [5, 5.41) is 34.0. The van der Waals surface area contributed by atoms with Gasteiger partial charge in [0.2, 0.25) is 0 Å². The molecule has 2 spiro atoms. The maximum absolute atomic E-state index is 12.5. The van der Waals surface area contributed by atoms with Crippen molar-refractivity contribution in [3.63, 3.8) is 0 Å². The number of esters is 1. The minimum Gasteiger partial charge on any atom is -0.457 e. The van der Waals surface area contributed by atoms with Gasteiger partial charge in [-0.1, -0.05) is 41.0 Å². The summed E-state index contributed by atoms with van der Waals surface area (Å²) in [6, 6.07) is 0. The standard InChI is InChI=1S/C40H69NO8/c1-24-20-27(34(38(9,10)45)47-25(2)42)48-32-26(24)12-11-16-39-22-40(39)17-15-30(49-31-21-41(18-19-46-31)23-35(3,4)44)36(5,6)28(40)13-14-29(39)37(7,8)33(32)43/h24,26-34,43-45H,11-23H2,1-10H3. The molecule has 2 saturated heterocycles. The lowest BCUT2D eigenvalue weighted by molar-refractivity contribution is -0.249. The number of carbonyl (C=O) groups is 1. The van der Waals surface area contributed by atoms with Crippen molar-refractivity contribution in [3.8, 4) is 0 Å². The second kappa shape index (κ2) is 12.9. The van der Waals surface area contributed by atoms with E-state index in [4.69, 9.17) is 18.9 Å². The summed E-state index contributed by atoms with van der Waals surface area (Å²) in [7, 11) is 0. The molecule has 0 aromatic heterocycles. The molecule has 282 valence electrons. The van der Waals surface area contributed by atoms with E-state index in [-0.39, 0.29) is 52.0 Å². The minimum absolute atomic E-state index is 0.00253. The third kappa shape index (κ3) is 6.78. The Balaban J connectivity index is 1.21. The van der Waals surface area contributed by atoms with Crippen LogP contribution >= 0.6 is 0 Å². The Hall–Kier alpha value is -0.810. The van der Waals surface area contributed by atoms with Gasteiger partial charge in [0.25, 0.3) is 0 Å². The predicted molar refractivity (Wildman–Crippen MR) is 187 cm³/mol. The second-order valence-electron chi connectivity index (χ2n) is 19.9. The van der Waals surface area contributed by atoms with E-state index in [1.807, 2.05) is 13.8 Å². The Kier molecular flexibility index (Phi) is 10.0. The van der Waals surface area contributed by atoms with Gasteiger partial charge >= 0.3 is 5.97 Å². The third-order valence-corrected chi connectivity index (χ3v) is 14.7. The number of ether oxygens (including phenoxy) is 4. The molecule has 49 heavy (non-hydrogen) atoms. The summed E-state index contributed by atoms with van der Waals surface area (Å²) in [6.45, 7) is 22.9. The minimum atomic E-state index is -1.26. The van der Waals surface area contributed by atoms with E-state index >= 15 is 0 Å². The molecule has 6 fully saturated rings. The SMILES string of the molecule is CC(=O)OC(C1CC(C)C2CCCC34CC35CCC(OC3CN(CC(C)(C)O)CCO3)C(C)(C)C5CCC4C(C)(C)C(O)C2O1)C(C)(C)O. The molecular formula is C40H69NO8. The normalized spacial score (nSPS) is 44.5. The van der Waals surface area contributed by atoms with Crippen molar-refractivity contribution in [1.82, 2.24) is 4.90 Å². The number of nitrogens with zero attached hydrogens (tertiary/aromatic N) is 1. The average molecular weight is 692 g/mol. The zero-order chi connectivity index (χ0) is 35.9. The van der Waals surface area contributed by atoms with Crippen molar-refractivity contribution in [2.45, 2.75) is 175 Å². The lowest BCUT2D eigenvalue weighted by Gasteiger charge is -2.58. The summed E-state index contributed by atoms with van der Waals surface area (Å²) in [4.78, 5) is 14.4. The van der Waals surface area contributed by atoms with Crippen LogP contribution in [-0.4, -0.2) is 100 Å². The first kappa shape index (κ1) is 37.9. The van der Waals surface area contributed by atoms with Gasteiger partial charge in [0.1, 0.15) is 0 Å².